The first-order chi connectivity index (χ1) is 16.0. The molecule has 1 fully saturated rings. The van der Waals surface area contributed by atoms with Crippen molar-refractivity contribution in [3.05, 3.63) is 62.1 Å². The Morgan fingerprint density at radius 2 is 2.06 bits per heavy atom. The molecule has 0 spiro atoms. The molecule has 4 rings (SSSR count). The van der Waals surface area contributed by atoms with Crippen molar-refractivity contribution in [3.63, 3.8) is 0 Å². The highest BCUT2D eigenvalue weighted by atomic mass is 35.5. The van der Waals surface area contributed by atoms with Crippen molar-refractivity contribution in [2.75, 3.05) is 50.2 Å². The second-order valence-electron chi connectivity index (χ2n) is 7.68. The van der Waals surface area contributed by atoms with Gasteiger partial charge in [-0.1, -0.05) is 17.7 Å². The SMILES string of the molecule is COCCCn1c(=S)[nH]c2cc(C(=O)Nc3cccc(Cl)c3N3CCOCC3)ccc2c1=O. The molecule has 2 N–H and O–H groups in total. The molecule has 2 heterocycles. The third-order valence-corrected chi connectivity index (χ3v) is 6.16. The van der Waals surface area contributed by atoms with Crippen molar-refractivity contribution in [2.45, 2.75) is 13.0 Å². The van der Waals surface area contributed by atoms with Gasteiger partial charge in [-0.25, -0.2) is 0 Å². The summed E-state index contributed by atoms with van der Waals surface area (Å²) >= 11 is 11.8. The number of aromatic nitrogens is 2. The topological polar surface area (TPSA) is 88.6 Å². The number of rotatable bonds is 7. The van der Waals surface area contributed by atoms with Gasteiger partial charge >= 0.3 is 0 Å². The van der Waals surface area contributed by atoms with Crippen LogP contribution < -0.4 is 15.8 Å². The Labute approximate surface area is 201 Å². The van der Waals surface area contributed by atoms with Gasteiger partial charge in [0.05, 0.1) is 40.5 Å². The molecule has 2 aromatic carbocycles. The lowest BCUT2D eigenvalue weighted by molar-refractivity contribution is 0.102. The number of anilines is 2. The van der Waals surface area contributed by atoms with Gasteiger partial charge in [-0.15, -0.1) is 0 Å². The molecular formula is C23H25ClN4O4S. The average Bonchev–Trinajstić information content (AvgIpc) is 2.81. The number of fused-ring (bicyclic) bond motifs is 1. The minimum absolute atomic E-state index is 0.193. The fraction of sp³-hybridized carbons (Fsp3) is 0.348. The second-order valence-corrected chi connectivity index (χ2v) is 8.48. The third-order valence-electron chi connectivity index (χ3n) is 5.54. The quantitative estimate of drug-likeness (QED) is 0.388. The van der Waals surface area contributed by atoms with Crippen LogP contribution in [0.3, 0.4) is 0 Å². The van der Waals surface area contributed by atoms with Crippen molar-refractivity contribution >= 4 is 52.0 Å². The summed E-state index contributed by atoms with van der Waals surface area (Å²) in [5.41, 5.74) is 2.12. The molecule has 3 aromatic rings. The first-order valence-electron chi connectivity index (χ1n) is 10.7. The smallest absolute Gasteiger partial charge is 0.262 e. The van der Waals surface area contributed by atoms with E-state index in [1.807, 2.05) is 6.07 Å². The third kappa shape index (κ3) is 5.11. The molecule has 174 valence electrons. The number of hydrogen-bond donors (Lipinski definition) is 2. The van der Waals surface area contributed by atoms with E-state index in [4.69, 9.17) is 33.3 Å². The van der Waals surface area contributed by atoms with Gasteiger partial charge in [0.2, 0.25) is 0 Å². The standard InChI is InChI=1S/C23H25ClN4O4S/c1-31-11-3-8-28-22(30)16-7-6-15(14-19(16)26-23(28)33)21(29)25-18-5-2-4-17(24)20(18)27-9-12-32-13-10-27/h2,4-7,14H,3,8-13H2,1H3,(H,25,29)(H,26,33). The number of hydrogen-bond acceptors (Lipinski definition) is 6. The Hall–Kier alpha value is -2.72. The number of ether oxygens (including phenoxy) is 2. The van der Waals surface area contributed by atoms with Crippen molar-refractivity contribution < 1.29 is 14.3 Å². The summed E-state index contributed by atoms with van der Waals surface area (Å²) in [7, 11) is 1.61. The fourth-order valence-electron chi connectivity index (χ4n) is 3.88. The first-order valence-corrected chi connectivity index (χ1v) is 11.5. The maximum absolute atomic E-state index is 13.1. The molecule has 8 nitrogen and oxygen atoms in total. The first kappa shape index (κ1) is 23.4. The molecule has 0 bridgehead atoms. The Balaban J connectivity index is 1.62. The molecule has 10 heteroatoms. The van der Waals surface area contributed by atoms with Crippen LogP contribution in [0.25, 0.3) is 10.9 Å². The number of carbonyl (C=O) groups is 1. The number of methoxy groups -OCH3 is 1. The minimum Gasteiger partial charge on any atom is -0.385 e. The van der Waals surface area contributed by atoms with E-state index in [1.54, 1.807) is 37.4 Å². The fourth-order valence-corrected chi connectivity index (χ4v) is 4.46. The molecule has 0 unspecified atom stereocenters. The summed E-state index contributed by atoms with van der Waals surface area (Å²) < 4.78 is 12.3. The van der Waals surface area contributed by atoms with Gasteiger partial charge in [-0.2, -0.15) is 0 Å². The van der Waals surface area contributed by atoms with Crippen LogP contribution >= 0.6 is 23.8 Å². The van der Waals surface area contributed by atoms with Crippen LogP contribution in [0.15, 0.2) is 41.2 Å². The lowest BCUT2D eigenvalue weighted by Crippen LogP contribution is -2.37. The summed E-state index contributed by atoms with van der Waals surface area (Å²) in [6, 6.07) is 10.3. The lowest BCUT2D eigenvalue weighted by atomic mass is 10.1. The van der Waals surface area contributed by atoms with E-state index in [-0.39, 0.29) is 11.5 Å². The maximum Gasteiger partial charge on any atom is 0.262 e. The molecule has 1 amide bonds. The van der Waals surface area contributed by atoms with Gasteiger partial charge in [-0.05, 0) is 49.0 Å². The lowest BCUT2D eigenvalue weighted by Gasteiger charge is -2.31. The van der Waals surface area contributed by atoms with Gasteiger partial charge in [0, 0.05) is 38.9 Å². The highest BCUT2D eigenvalue weighted by molar-refractivity contribution is 7.71. The van der Waals surface area contributed by atoms with Gasteiger partial charge in [0.25, 0.3) is 11.5 Å². The average molecular weight is 489 g/mol. The van der Waals surface area contributed by atoms with Gasteiger partial charge in [-0.3, -0.25) is 14.2 Å². The number of aromatic amines is 1. The largest absolute Gasteiger partial charge is 0.385 e. The number of para-hydroxylation sites is 1. The zero-order valence-corrected chi connectivity index (χ0v) is 19.8. The predicted molar refractivity (Wildman–Crippen MR) is 132 cm³/mol. The Morgan fingerprint density at radius 1 is 1.27 bits per heavy atom. The Kier molecular flexibility index (Phi) is 7.44. The summed E-state index contributed by atoms with van der Waals surface area (Å²) in [5, 5.41) is 3.99. The van der Waals surface area contributed by atoms with Crippen LogP contribution in [-0.2, 0) is 16.0 Å². The predicted octanol–water partition coefficient (Wildman–Crippen LogP) is 3.84. The number of morpholine rings is 1. The van der Waals surface area contributed by atoms with E-state index >= 15 is 0 Å². The highest BCUT2D eigenvalue weighted by Crippen LogP contribution is 2.34. The van der Waals surface area contributed by atoms with Crippen molar-refractivity contribution in [3.8, 4) is 0 Å². The molecule has 0 saturated carbocycles. The van der Waals surface area contributed by atoms with Crippen LogP contribution in [0.5, 0.6) is 0 Å². The zero-order valence-electron chi connectivity index (χ0n) is 18.2. The minimum atomic E-state index is -0.308. The number of nitrogens with one attached hydrogen (secondary N) is 2. The van der Waals surface area contributed by atoms with Gasteiger partial charge in [0.1, 0.15) is 0 Å². The van der Waals surface area contributed by atoms with E-state index in [1.165, 1.54) is 4.57 Å². The van der Waals surface area contributed by atoms with Crippen LogP contribution in [0.4, 0.5) is 11.4 Å². The van der Waals surface area contributed by atoms with Crippen LogP contribution in [-0.4, -0.2) is 55.5 Å². The van der Waals surface area contributed by atoms with Crippen LogP contribution in [0.2, 0.25) is 5.02 Å². The van der Waals surface area contributed by atoms with Crippen molar-refractivity contribution in [1.82, 2.24) is 9.55 Å². The summed E-state index contributed by atoms with van der Waals surface area (Å²) in [5.74, 6) is -0.308. The molecule has 1 aliphatic heterocycles. The number of H-pyrrole nitrogens is 1. The normalized spacial score (nSPS) is 13.9. The summed E-state index contributed by atoms with van der Waals surface area (Å²) in [6.45, 7) is 3.58. The zero-order chi connectivity index (χ0) is 23.4. The summed E-state index contributed by atoms with van der Waals surface area (Å²) in [4.78, 5) is 31.1. The number of amides is 1. The molecule has 0 radical (unpaired) electrons. The monoisotopic (exact) mass is 488 g/mol. The highest BCUT2D eigenvalue weighted by Gasteiger charge is 2.20. The van der Waals surface area contributed by atoms with E-state index in [9.17, 15) is 9.59 Å². The maximum atomic E-state index is 13.1. The second kappa shape index (κ2) is 10.5. The van der Waals surface area contributed by atoms with Crippen LogP contribution in [0.1, 0.15) is 16.8 Å². The number of nitrogens with zero attached hydrogens (tertiary/aromatic N) is 2. The van der Waals surface area contributed by atoms with E-state index < -0.39 is 0 Å². The van der Waals surface area contributed by atoms with E-state index in [0.29, 0.717) is 77.8 Å². The summed E-state index contributed by atoms with van der Waals surface area (Å²) in [6.07, 6.45) is 0.672. The Bertz CT molecular complexity index is 1280. The van der Waals surface area contributed by atoms with E-state index in [0.717, 1.165) is 5.69 Å². The molecule has 1 saturated heterocycles. The van der Waals surface area contributed by atoms with Gasteiger partial charge in [0.15, 0.2) is 4.77 Å². The number of benzene rings is 2. The van der Waals surface area contributed by atoms with Crippen LogP contribution in [0, 0.1) is 4.77 Å². The van der Waals surface area contributed by atoms with Gasteiger partial charge < -0.3 is 24.7 Å². The van der Waals surface area contributed by atoms with Crippen molar-refractivity contribution in [1.29, 1.82) is 0 Å². The number of carbonyl (C=O) groups excluding carboxylic acids is 1. The molecule has 33 heavy (non-hydrogen) atoms. The molecule has 0 atom stereocenters. The van der Waals surface area contributed by atoms with Crippen molar-refractivity contribution in [2.24, 2.45) is 0 Å². The van der Waals surface area contributed by atoms with E-state index in [2.05, 4.69) is 15.2 Å². The molecule has 1 aliphatic rings. The Morgan fingerprint density at radius 3 is 2.82 bits per heavy atom. The number of halogens is 1. The molecular weight excluding hydrogens is 464 g/mol. The molecule has 0 aliphatic carbocycles. The molecule has 1 aromatic heterocycles.